The van der Waals surface area contributed by atoms with E-state index in [0.29, 0.717) is 27.8 Å². The maximum atomic E-state index is 12.4. The second-order valence-electron chi connectivity index (χ2n) is 5.19. The molecule has 0 spiro atoms. The highest BCUT2D eigenvalue weighted by Gasteiger charge is 2.13. The smallest absolute Gasteiger partial charge is 0.266 e. The van der Waals surface area contributed by atoms with E-state index < -0.39 is 5.91 Å². The van der Waals surface area contributed by atoms with Gasteiger partial charge in [-0.2, -0.15) is 5.26 Å². The SMILES string of the molecule is COc1ccc(OC)c(/C=C(\C#N)C(=O)Nc2cc(Cl)ccc2C)c1. The molecule has 0 unspecified atom stereocenters. The molecule has 0 aliphatic carbocycles. The van der Waals surface area contributed by atoms with Crippen molar-refractivity contribution in [1.29, 1.82) is 5.26 Å². The van der Waals surface area contributed by atoms with Crippen molar-refractivity contribution in [2.75, 3.05) is 19.5 Å². The maximum absolute atomic E-state index is 12.4. The third kappa shape index (κ3) is 4.52. The van der Waals surface area contributed by atoms with Crippen molar-refractivity contribution < 1.29 is 14.3 Å². The van der Waals surface area contributed by atoms with E-state index in [-0.39, 0.29) is 5.57 Å². The predicted molar refractivity (Wildman–Crippen MR) is 98.0 cm³/mol. The van der Waals surface area contributed by atoms with Crippen LogP contribution in [0.15, 0.2) is 42.0 Å². The Labute approximate surface area is 151 Å². The van der Waals surface area contributed by atoms with Crippen molar-refractivity contribution in [3.8, 4) is 17.6 Å². The summed E-state index contributed by atoms with van der Waals surface area (Å²) in [5, 5.41) is 12.6. The Hall–Kier alpha value is -2.97. The highest BCUT2D eigenvalue weighted by atomic mass is 35.5. The van der Waals surface area contributed by atoms with Crippen molar-refractivity contribution in [3.05, 3.63) is 58.1 Å². The van der Waals surface area contributed by atoms with Gasteiger partial charge in [0.05, 0.1) is 14.2 Å². The van der Waals surface area contributed by atoms with Gasteiger partial charge in [-0.1, -0.05) is 17.7 Å². The fourth-order valence-corrected chi connectivity index (χ4v) is 2.35. The minimum atomic E-state index is -0.530. The van der Waals surface area contributed by atoms with Gasteiger partial charge >= 0.3 is 0 Å². The van der Waals surface area contributed by atoms with E-state index in [0.717, 1.165) is 5.56 Å². The first-order valence-electron chi connectivity index (χ1n) is 7.39. The summed E-state index contributed by atoms with van der Waals surface area (Å²) in [6, 6.07) is 12.2. The van der Waals surface area contributed by atoms with Crippen LogP contribution in [0.3, 0.4) is 0 Å². The molecule has 2 aromatic carbocycles. The van der Waals surface area contributed by atoms with Crippen LogP contribution in [-0.4, -0.2) is 20.1 Å². The van der Waals surface area contributed by atoms with Gasteiger partial charge < -0.3 is 14.8 Å². The minimum absolute atomic E-state index is 0.0640. The second kappa shape index (κ2) is 8.22. The number of methoxy groups -OCH3 is 2. The van der Waals surface area contributed by atoms with Crippen LogP contribution in [0, 0.1) is 18.3 Å². The molecule has 0 saturated heterocycles. The molecule has 0 fully saturated rings. The van der Waals surface area contributed by atoms with Gasteiger partial charge in [0.15, 0.2) is 0 Å². The molecule has 1 amide bonds. The lowest BCUT2D eigenvalue weighted by Crippen LogP contribution is -2.14. The number of ether oxygens (including phenoxy) is 2. The highest BCUT2D eigenvalue weighted by molar-refractivity contribution is 6.31. The molecule has 128 valence electrons. The van der Waals surface area contributed by atoms with Gasteiger partial charge in [0.2, 0.25) is 0 Å². The van der Waals surface area contributed by atoms with Crippen LogP contribution < -0.4 is 14.8 Å². The number of carbonyl (C=O) groups excluding carboxylic acids is 1. The number of benzene rings is 2. The number of aryl methyl sites for hydroxylation is 1. The number of rotatable bonds is 5. The van der Waals surface area contributed by atoms with E-state index in [4.69, 9.17) is 21.1 Å². The molecule has 2 aromatic rings. The first kappa shape index (κ1) is 18.4. The third-order valence-electron chi connectivity index (χ3n) is 3.55. The van der Waals surface area contributed by atoms with Crippen molar-refractivity contribution in [3.63, 3.8) is 0 Å². The number of carbonyl (C=O) groups is 1. The van der Waals surface area contributed by atoms with Gasteiger partial charge in [0, 0.05) is 16.3 Å². The Morgan fingerprint density at radius 3 is 2.60 bits per heavy atom. The Morgan fingerprint density at radius 2 is 1.96 bits per heavy atom. The minimum Gasteiger partial charge on any atom is -0.497 e. The molecule has 0 radical (unpaired) electrons. The number of anilines is 1. The van der Waals surface area contributed by atoms with Crippen LogP contribution in [0.2, 0.25) is 5.02 Å². The van der Waals surface area contributed by atoms with Gasteiger partial charge in [-0.05, 0) is 48.9 Å². The zero-order valence-corrected chi connectivity index (χ0v) is 14.8. The van der Waals surface area contributed by atoms with Crippen LogP contribution in [0.5, 0.6) is 11.5 Å². The summed E-state index contributed by atoms with van der Waals surface area (Å²) >= 11 is 5.96. The van der Waals surface area contributed by atoms with Crippen LogP contribution in [0.1, 0.15) is 11.1 Å². The topological polar surface area (TPSA) is 71.3 Å². The van der Waals surface area contributed by atoms with E-state index in [1.165, 1.54) is 20.3 Å². The first-order valence-corrected chi connectivity index (χ1v) is 7.77. The molecule has 0 aromatic heterocycles. The summed E-state index contributed by atoms with van der Waals surface area (Å²) in [5.41, 5.74) is 1.90. The molecule has 1 N–H and O–H groups in total. The number of nitriles is 1. The molecule has 0 atom stereocenters. The summed E-state index contributed by atoms with van der Waals surface area (Å²) in [7, 11) is 3.05. The summed E-state index contributed by atoms with van der Waals surface area (Å²) in [5.74, 6) is 0.591. The van der Waals surface area contributed by atoms with Gasteiger partial charge in [-0.25, -0.2) is 0 Å². The molecule has 6 heteroatoms. The van der Waals surface area contributed by atoms with Crippen LogP contribution >= 0.6 is 11.6 Å². The predicted octanol–water partition coefficient (Wildman–Crippen LogP) is 4.21. The molecule has 0 heterocycles. The fraction of sp³-hybridized carbons (Fsp3) is 0.158. The fourth-order valence-electron chi connectivity index (χ4n) is 2.17. The number of amides is 1. The summed E-state index contributed by atoms with van der Waals surface area (Å²) in [6.45, 7) is 1.84. The van der Waals surface area contributed by atoms with Crippen molar-refractivity contribution in [2.24, 2.45) is 0 Å². The van der Waals surface area contributed by atoms with Crippen molar-refractivity contribution in [2.45, 2.75) is 6.92 Å². The zero-order valence-electron chi connectivity index (χ0n) is 14.1. The lowest BCUT2D eigenvalue weighted by molar-refractivity contribution is -0.112. The number of hydrogen-bond acceptors (Lipinski definition) is 4. The molecule has 0 aliphatic heterocycles. The molecule has 0 aliphatic rings. The molecule has 5 nitrogen and oxygen atoms in total. The molecule has 25 heavy (non-hydrogen) atoms. The highest BCUT2D eigenvalue weighted by Crippen LogP contribution is 2.27. The number of hydrogen-bond donors (Lipinski definition) is 1. The number of halogens is 1. The average molecular weight is 357 g/mol. The maximum Gasteiger partial charge on any atom is 0.266 e. The number of nitrogens with zero attached hydrogens (tertiary/aromatic N) is 1. The first-order chi connectivity index (χ1) is 12.0. The molecular formula is C19H17ClN2O3. The second-order valence-corrected chi connectivity index (χ2v) is 5.63. The van der Waals surface area contributed by atoms with Crippen LogP contribution in [0.4, 0.5) is 5.69 Å². The zero-order chi connectivity index (χ0) is 18.4. The molecule has 0 saturated carbocycles. The van der Waals surface area contributed by atoms with E-state index in [1.807, 2.05) is 13.0 Å². The molecular weight excluding hydrogens is 340 g/mol. The van der Waals surface area contributed by atoms with E-state index in [9.17, 15) is 10.1 Å². The Kier molecular flexibility index (Phi) is 6.04. The van der Waals surface area contributed by atoms with Gasteiger partial charge in [-0.3, -0.25) is 4.79 Å². The van der Waals surface area contributed by atoms with E-state index >= 15 is 0 Å². The van der Waals surface area contributed by atoms with Gasteiger partial charge in [0.1, 0.15) is 23.1 Å². The third-order valence-corrected chi connectivity index (χ3v) is 3.78. The summed E-state index contributed by atoms with van der Waals surface area (Å²) < 4.78 is 10.4. The lowest BCUT2D eigenvalue weighted by Gasteiger charge is -2.10. The molecule has 2 rings (SSSR count). The van der Waals surface area contributed by atoms with E-state index in [2.05, 4.69) is 5.32 Å². The normalized spacial score (nSPS) is 10.8. The summed E-state index contributed by atoms with van der Waals surface area (Å²) in [6.07, 6.45) is 1.45. The quantitative estimate of drug-likeness (QED) is 0.643. The van der Waals surface area contributed by atoms with Gasteiger partial charge in [0.25, 0.3) is 5.91 Å². The Balaban J connectivity index is 2.36. The lowest BCUT2D eigenvalue weighted by atomic mass is 10.1. The molecule has 0 bridgehead atoms. The van der Waals surface area contributed by atoms with Crippen LogP contribution in [0.25, 0.3) is 6.08 Å². The monoisotopic (exact) mass is 356 g/mol. The van der Waals surface area contributed by atoms with Crippen molar-refractivity contribution >= 4 is 29.3 Å². The number of nitrogens with one attached hydrogen (secondary N) is 1. The average Bonchev–Trinajstić information content (AvgIpc) is 2.62. The Morgan fingerprint density at radius 1 is 1.20 bits per heavy atom. The van der Waals surface area contributed by atoms with Crippen LogP contribution in [-0.2, 0) is 4.79 Å². The Bertz CT molecular complexity index is 869. The van der Waals surface area contributed by atoms with E-state index in [1.54, 1.807) is 36.4 Å². The van der Waals surface area contributed by atoms with Gasteiger partial charge in [-0.15, -0.1) is 0 Å². The standard InChI is InChI=1S/C19H17ClN2O3/c1-12-4-5-15(20)10-17(12)22-19(23)14(11-21)8-13-9-16(24-2)6-7-18(13)25-3/h4-10H,1-3H3,(H,22,23)/b14-8+. The van der Waals surface area contributed by atoms with Crippen molar-refractivity contribution in [1.82, 2.24) is 0 Å². The summed E-state index contributed by atoms with van der Waals surface area (Å²) in [4.78, 5) is 12.4. The largest absolute Gasteiger partial charge is 0.497 e.